The van der Waals surface area contributed by atoms with Crippen molar-refractivity contribution in [3.05, 3.63) is 65.7 Å². The van der Waals surface area contributed by atoms with Crippen LogP contribution in [0.1, 0.15) is 60.5 Å². The van der Waals surface area contributed by atoms with Crippen LogP contribution in [-0.4, -0.2) is 36.5 Å². The molecule has 2 heterocycles. The van der Waals surface area contributed by atoms with Gasteiger partial charge in [-0.15, -0.1) is 0 Å². The molecule has 0 bridgehead atoms. The third kappa shape index (κ3) is 3.55. The molecule has 1 spiro atoms. The fourth-order valence-electron chi connectivity index (χ4n) is 5.92. The molecule has 29 heavy (non-hydrogen) atoms. The first-order chi connectivity index (χ1) is 14.1. The van der Waals surface area contributed by atoms with E-state index in [-0.39, 0.29) is 5.91 Å². The molecule has 4 heteroatoms. The number of hydrogen-bond donors (Lipinski definition) is 1. The zero-order valence-corrected chi connectivity index (χ0v) is 17.1. The quantitative estimate of drug-likeness (QED) is 0.845. The summed E-state index contributed by atoms with van der Waals surface area (Å²) < 4.78 is 0. The van der Waals surface area contributed by atoms with E-state index in [2.05, 4.69) is 40.1 Å². The Kier molecular flexibility index (Phi) is 4.83. The topological polar surface area (TPSA) is 49.6 Å². The molecule has 0 unspecified atom stereocenters. The van der Waals surface area contributed by atoms with E-state index in [0.29, 0.717) is 17.0 Å². The van der Waals surface area contributed by atoms with E-state index in [1.807, 2.05) is 24.3 Å². The highest BCUT2D eigenvalue weighted by atomic mass is 16.1. The Morgan fingerprint density at radius 2 is 1.62 bits per heavy atom. The van der Waals surface area contributed by atoms with Gasteiger partial charge in [-0.2, -0.15) is 0 Å². The number of amides is 1. The van der Waals surface area contributed by atoms with E-state index >= 15 is 0 Å². The van der Waals surface area contributed by atoms with Gasteiger partial charge in [0.2, 0.25) is 5.91 Å². The highest BCUT2D eigenvalue weighted by molar-refractivity contribution is 5.93. The van der Waals surface area contributed by atoms with E-state index < -0.39 is 0 Å². The van der Waals surface area contributed by atoms with Crippen molar-refractivity contribution in [3.8, 4) is 0 Å². The van der Waals surface area contributed by atoms with Gasteiger partial charge >= 0.3 is 0 Å². The first kappa shape index (κ1) is 18.7. The first-order valence-corrected chi connectivity index (χ1v) is 11.1. The van der Waals surface area contributed by atoms with Crippen LogP contribution in [0.4, 0.5) is 5.69 Å². The van der Waals surface area contributed by atoms with Crippen LogP contribution in [0.2, 0.25) is 0 Å². The second kappa shape index (κ2) is 7.49. The largest absolute Gasteiger partial charge is 0.371 e. The van der Waals surface area contributed by atoms with Gasteiger partial charge in [-0.1, -0.05) is 30.3 Å². The average Bonchev–Trinajstić information content (AvgIpc) is 3.22. The lowest BCUT2D eigenvalue weighted by Gasteiger charge is -2.56. The van der Waals surface area contributed by atoms with E-state index in [0.717, 1.165) is 19.1 Å². The molecular formula is C25H31N3O. The van der Waals surface area contributed by atoms with Gasteiger partial charge in [-0.25, -0.2) is 0 Å². The molecule has 2 aliphatic heterocycles. The molecule has 2 saturated heterocycles. The molecule has 2 N–H and O–H groups in total. The van der Waals surface area contributed by atoms with Crippen molar-refractivity contribution in [3.63, 3.8) is 0 Å². The number of primary amides is 1. The summed E-state index contributed by atoms with van der Waals surface area (Å²) in [7, 11) is 0. The molecule has 2 aromatic rings. The van der Waals surface area contributed by atoms with Gasteiger partial charge in [0.05, 0.1) is 0 Å². The second-order valence-corrected chi connectivity index (χ2v) is 9.27. The summed E-state index contributed by atoms with van der Waals surface area (Å²) >= 11 is 0. The summed E-state index contributed by atoms with van der Waals surface area (Å²) in [6.07, 6.45) is 7.94. The smallest absolute Gasteiger partial charge is 0.248 e. The summed E-state index contributed by atoms with van der Waals surface area (Å²) in [6, 6.07) is 20.3. The van der Waals surface area contributed by atoms with Crippen LogP contribution in [-0.2, 0) is 0 Å². The third-order valence-electron chi connectivity index (χ3n) is 7.63. The van der Waals surface area contributed by atoms with Gasteiger partial charge in [0.25, 0.3) is 0 Å². The number of nitrogens with two attached hydrogens (primary N) is 1. The molecule has 1 aliphatic carbocycles. The molecule has 2 aromatic carbocycles. The lowest BCUT2D eigenvalue weighted by atomic mass is 9.60. The Hall–Kier alpha value is -2.33. The molecule has 1 saturated carbocycles. The lowest BCUT2D eigenvalue weighted by molar-refractivity contribution is -0.0226. The summed E-state index contributed by atoms with van der Waals surface area (Å²) in [4.78, 5) is 16.5. The molecule has 1 atom stereocenters. The second-order valence-electron chi connectivity index (χ2n) is 9.27. The Labute approximate surface area is 173 Å². The normalized spacial score (nSPS) is 24.6. The Bertz CT molecular complexity index is 847. The van der Waals surface area contributed by atoms with Crippen LogP contribution in [0.15, 0.2) is 54.6 Å². The van der Waals surface area contributed by atoms with Crippen LogP contribution in [0.5, 0.6) is 0 Å². The number of carbonyl (C=O) groups excluding carboxylic acids is 1. The number of rotatable bonds is 4. The number of carbonyl (C=O) groups is 1. The number of piperidine rings is 1. The van der Waals surface area contributed by atoms with Crippen molar-refractivity contribution >= 4 is 11.6 Å². The van der Waals surface area contributed by atoms with Crippen LogP contribution in [0, 0.1) is 5.41 Å². The van der Waals surface area contributed by atoms with Crippen molar-refractivity contribution in [2.75, 3.05) is 24.5 Å². The Morgan fingerprint density at radius 3 is 2.28 bits per heavy atom. The van der Waals surface area contributed by atoms with Crippen LogP contribution < -0.4 is 10.6 Å². The fourth-order valence-corrected chi connectivity index (χ4v) is 5.92. The summed E-state index contributed by atoms with van der Waals surface area (Å²) in [5.41, 5.74) is 9.21. The number of nitrogens with zero attached hydrogens (tertiary/aromatic N) is 2. The minimum Gasteiger partial charge on any atom is -0.371 e. The van der Waals surface area contributed by atoms with Gasteiger partial charge in [-0.05, 0) is 80.3 Å². The fraction of sp³-hybridized carbons (Fsp3) is 0.480. The van der Waals surface area contributed by atoms with Gasteiger partial charge in [0, 0.05) is 36.4 Å². The summed E-state index contributed by atoms with van der Waals surface area (Å²) in [6.45, 7) is 3.49. The summed E-state index contributed by atoms with van der Waals surface area (Å²) in [5.74, 6) is -0.356. The minimum absolute atomic E-state index is 0.356. The molecule has 1 amide bonds. The number of anilines is 1. The van der Waals surface area contributed by atoms with E-state index in [4.69, 9.17) is 5.73 Å². The number of likely N-dealkylation sites (tertiary alicyclic amines) is 1. The van der Waals surface area contributed by atoms with E-state index in [1.54, 1.807) is 0 Å². The highest BCUT2D eigenvalue weighted by Gasteiger charge is 2.49. The molecule has 3 aliphatic rings. The average molecular weight is 390 g/mol. The van der Waals surface area contributed by atoms with Gasteiger partial charge < -0.3 is 10.6 Å². The van der Waals surface area contributed by atoms with Gasteiger partial charge in [-0.3, -0.25) is 9.69 Å². The van der Waals surface area contributed by atoms with Crippen LogP contribution in [0.3, 0.4) is 0 Å². The van der Waals surface area contributed by atoms with Gasteiger partial charge in [0.1, 0.15) is 0 Å². The van der Waals surface area contributed by atoms with Crippen LogP contribution in [0.25, 0.3) is 0 Å². The predicted molar refractivity (Wildman–Crippen MR) is 117 cm³/mol. The highest BCUT2D eigenvalue weighted by Crippen LogP contribution is 2.53. The van der Waals surface area contributed by atoms with Crippen molar-refractivity contribution in [2.45, 2.75) is 50.6 Å². The number of benzene rings is 2. The van der Waals surface area contributed by atoms with Crippen molar-refractivity contribution < 1.29 is 4.79 Å². The van der Waals surface area contributed by atoms with Crippen molar-refractivity contribution in [2.24, 2.45) is 11.1 Å². The van der Waals surface area contributed by atoms with Crippen molar-refractivity contribution in [1.29, 1.82) is 0 Å². The molecule has 5 rings (SSSR count). The standard InChI is InChI=1S/C25H31N3O/c26-24(29)20-8-10-21(11-9-20)27-15-12-25(13-16-27)17-22(18-25)28-14-4-7-23(28)19-5-2-1-3-6-19/h1-3,5-6,8-11,22-23H,4,7,12-18H2,(H2,26,29)/t23-/m0/s1. The molecule has 152 valence electrons. The van der Waals surface area contributed by atoms with E-state index in [1.165, 1.54) is 56.3 Å². The molecule has 0 aromatic heterocycles. The monoisotopic (exact) mass is 389 g/mol. The molecule has 4 nitrogen and oxygen atoms in total. The SMILES string of the molecule is NC(=O)c1ccc(N2CCC3(CC2)CC(N2CCC[C@H]2c2ccccc2)C3)cc1. The molecular weight excluding hydrogens is 358 g/mol. The maximum atomic E-state index is 11.3. The van der Waals surface area contributed by atoms with Crippen LogP contribution >= 0.6 is 0 Å². The Balaban J connectivity index is 1.18. The minimum atomic E-state index is -0.356. The van der Waals surface area contributed by atoms with Gasteiger partial charge in [0.15, 0.2) is 0 Å². The maximum absolute atomic E-state index is 11.3. The first-order valence-electron chi connectivity index (χ1n) is 11.1. The Morgan fingerprint density at radius 1 is 0.931 bits per heavy atom. The van der Waals surface area contributed by atoms with Crippen molar-refractivity contribution in [1.82, 2.24) is 4.90 Å². The maximum Gasteiger partial charge on any atom is 0.248 e. The zero-order valence-electron chi connectivity index (χ0n) is 17.1. The predicted octanol–water partition coefficient (Wildman–Crippen LogP) is 4.37. The summed E-state index contributed by atoms with van der Waals surface area (Å²) in [5, 5.41) is 0. The van der Waals surface area contributed by atoms with E-state index in [9.17, 15) is 4.79 Å². The third-order valence-corrected chi connectivity index (χ3v) is 7.63. The molecule has 3 fully saturated rings. The zero-order chi connectivity index (χ0) is 19.8. The number of hydrogen-bond acceptors (Lipinski definition) is 3. The molecule has 0 radical (unpaired) electrons. The lowest BCUT2D eigenvalue weighted by Crippen LogP contribution is -2.54.